The van der Waals surface area contributed by atoms with Crippen LogP contribution in [0.5, 0.6) is 0 Å². The monoisotopic (exact) mass is 235 g/mol. The number of hydrogen-bond donors (Lipinski definition) is 2. The molecule has 0 saturated heterocycles. The highest BCUT2D eigenvalue weighted by atomic mass is 16.2. The highest BCUT2D eigenvalue weighted by Gasteiger charge is 2.07. The molecule has 0 atom stereocenters. The summed E-state index contributed by atoms with van der Waals surface area (Å²) in [5.74, 6) is -0.0821. The molecule has 2 N–H and O–H groups in total. The van der Waals surface area contributed by atoms with Crippen LogP contribution in [-0.2, 0) is 9.59 Å². The van der Waals surface area contributed by atoms with E-state index in [1.165, 1.54) is 0 Å². The Labute approximate surface area is 101 Å². The Morgan fingerprint density at radius 1 is 1.35 bits per heavy atom. The van der Waals surface area contributed by atoms with Crippen molar-refractivity contribution in [3.05, 3.63) is 23.8 Å². The third-order valence-corrected chi connectivity index (χ3v) is 2.28. The summed E-state index contributed by atoms with van der Waals surface area (Å²) in [4.78, 5) is 23.8. The topological polar surface area (TPSA) is 61.4 Å². The van der Waals surface area contributed by atoms with Crippen molar-refractivity contribution >= 4 is 23.7 Å². The second-order valence-corrected chi connectivity index (χ2v) is 4.03. The second-order valence-electron chi connectivity index (χ2n) is 4.03. The fraction of sp³-hybridized carbons (Fsp3) is 0.333. The molecule has 1 rings (SSSR count). The van der Waals surface area contributed by atoms with Crippen molar-refractivity contribution in [3.8, 4) is 0 Å². The molecule has 0 aliphatic rings. The third-order valence-electron chi connectivity index (χ3n) is 2.28. The third kappa shape index (κ3) is 3.88. The lowest BCUT2D eigenvalue weighted by atomic mass is 10.1. The first-order valence-electron chi connectivity index (χ1n) is 5.29. The summed E-state index contributed by atoms with van der Waals surface area (Å²) in [6, 6.07) is 5.37. The average molecular weight is 235 g/mol. The van der Waals surface area contributed by atoms with Gasteiger partial charge in [-0.15, -0.1) is 0 Å². The van der Waals surface area contributed by atoms with E-state index in [4.69, 9.17) is 0 Å². The molecule has 0 heterocycles. The van der Waals surface area contributed by atoms with Gasteiger partial charge in [0.15, 0.2) is 0 Å². The summed E-state index contributed by atoms with van der Waals surface area (Å²) in [6.45, 7) is 2.17. The van der Waals surface area contributed by atoms with Gasteiger partial charge in [-0.1, -0.05) is 6.07 Å². The lowest BCUT2D eigenvalue weighted by Gasteiger charge is -2.13. The van der Waals surface area contributed by atoms with Gasteiger partial charge in [0.2, 0.25) is 12.3 Å². The number of rotatable bonds is 5. The molecule has 0 radical (unpaired) electrons. The molecule has 0 saturated carbocycles. The van der Waals surface area contributed by atoms with Gasteiger partial charge in [0.1, 0.15) is 0 Å². The first-order chi connectivity index (χ1) is 8.04. The van der Waals surface area contributed by atoms with Crippen LogP contribution in [-0.4, -0.2) is 37.9 Å². The zero-order valence-corrected chi connectivity index (χ0v) is 10.3. The Morgan fingerprint density at radius 2 is 2.00 bits per heavy atom. The van der Waals surface area contributed by atoms with Gasteiger partial charge in [-0.05, 0) is 38.7 Å². The molecule has 1 aromatic carbocycles. The maximum absolute atomic E-state index is 11.6. The lowest BCUT2D eigenvalue weighted by Crippen LogP contribution is -2.27. The molecule has 0 fully saturated rings. The van der Waals surface area contributed by atoms with Crippen LogP contribution in [0.15, 0.2) is 18.2 Å². The van der Waals surface area contributed by atoms with Crippen molar-refractivity contribution in [1.29, 1.82) is 0 Å². The number of carbonyl (C=O) groups is 2. The van der Waals surface area contributed by atoms with E-state index in [1.54, 1.807) is 23.1 Å². The molecular formula is C12H17N3O2. The largest absolute Gasteiger partial charge is 0.328 e. The Balaban J connectivity index is 2.80. The van der Waals surface area contributed by atoms with Gasteiger partial charge in [-0.2, -0.15) is 0 Å². The van der Waals surface area contributed by atoms with Crippen LogP contribution in [0.3, 0.4) is 0 Å². The molecule has 0 aromatic heterocycles. The van der Waals surface area contributed by atoms with Crippen molar-refractivity contribution < 1.29 is 9.59 Å². The van der Waals surface area contributed by atoms with Crippen molar-refractivity contribution in [1.82, 2.24) is 4.90 Å². The predicted molar refractivity (Wildman–Crippen MR) is 68.0 cm³/mol. The number of hydrogen-bond acceptors (Lipinski definition) is 3. The fourth-order valence-electron chi connectivity index (χ4n) is 1.47. The molecule has 5 nitrogen and oxygen atoms in total. The maximum Gasteiger partial charge on any atom is 0.238 e. The Morgan fingerprint density at radius 3 is 2.59 bits per heavy atom. The van der Waals surface area contributed by atoms with E-state index in [1.807, 2.05) is 21.0 Å². The highest BCUT2D eigenvalue weighted by molar-refractivity contribution is 5.94. The minimum Gasteiger partial charge on any atom is -0.328 e. The van der Waals surface area contributed by atoms with E-state index in [9.17, 15) is 9.59 Å². The van der Waals surface area contributed by atoms with Crippen molar-refractivity contribution in [2.75, 3.05) is 31.3 Å². The van der Waals surface area contributed by atoms with E-state index in [2.05, 4.69) is 10.6 Å². The van der Waals surface area contributed by atoms with Gasteiger partial charge in [-0.3, -0.25) is 9.59 Å². The van der Waals surface area contributed by atoms with Crippen LogP contribution in [0.25, 0.3) is 0 Å². The van der Waals surface area contributed by atoms with Gasteiger partial charge < -0.3 is 15.5 Å². The second kappa shape index (κ2) is 6.00. The molecule has 5 heteroatoms. The number of carbonyl (C=O) groups excluding carboxylic acids is 2. The van der Waals surface area contributed by atoms with E-state index in [0.29, 0.717) is 24.3 Å². The predicted octanol–water partition coefficient (Wildman–Crippen LogP) is 1.06. The average Bonchev–Trinajstić information content (AvgIpc) is 2.23. The molecule has 0 spiro atoms. The van der Waals surface area contributed by atoms with Crippen LogP contribution >= 0.6 is 0 Å². The van der Waals surface area contributed by atoms with Crippen LogP contribution in [0.1, 0.15) is 5.56 Å². The van der Waals surface area contributed by atoms with Crippen LogP contribution in [0, 0.1) is 6.92 Å². The maximum atomic E-state index is 11.6. The number of nitrogens with one attached hydrogen (secondary N) is 2. The van der Waals surface area contributed by atoms with E-state index >= 15 is 0 Å². The molecular weight excluding hydrogens is 218 g/mol. The van der Waals surface area contributed by atoms with Crippen LogP contribution in [0.4, 0.5) is 11.4 Å². The molecule has 92 valence electrons. The number of benzene rings is 1. The first kappa shape index (κ1) is 13.2. The number of anilines is 2. The summed E-state index contributed by atoms with van der Waals surface area (Å²) < 4.78 is 0. The van der Waals surface area contributed by atoms with Crippen molar-refractivity contribution in [3.63, 3.8) is 0 Å². The van der Waals surface area contributed by atoms with Crippen LogP contribution in [0.2, 0.25) is 0 Å². The Bertz CT molecular complexity index is 416. The molecule has 0 unspecified atom stereocenters. The van der Waals surface area contributed by atoms with Gasteiger partial charge in [0.25, 0.3) is 0 Å². The molecule has 0 aliphatic carbocycles. The van der Waals surface area contributed by atoms with E-state index in [-0.39, 0.29) is 5.91 Å². The van der Waals surface area contributed by atoms with Gasteiger partial charge in [0, 0.05) is 11.4 Å². The number of likely N-dealkylation sites (N-methyl/N-ethyl adjacent to an activating group) is 1. The quantitative estimate of drug-likeness (QED) is 0.750. The number of amides is 2. The minimum atomic E-state index is -0.0821. The van der Waals surface area contributed by atoms with Gasteiger partial charge >= 0.3 is 0 Å². The van der Waals surface area contributed by atoms with Crippen LogP contribution < -0.4 is 10.6 Å². The van der Waals surface area contributed by atoms with E-state index < -0.39 is 0 Å². The van der Waals surface area contributed by atoms with Gasteiger partial charge in [0.05, 0.1) is 6.54 Å². The smallest absolute Gasteiger partial charge is 0.238 e. The summed E-state index contributed by atoms with van der Waals surface area (Å²) >= 11 is 0. The minimum absolute atomic E-state index is 0.0821. The summed E-state index contributed by atoms with van der Waals surface area (Å²) in [6.07, 6.45) is 0.619. The summed E-state index contributed by atoms with van der Waals surface area (Å²) in [5.41, 5.74) is 2.25. The van der Waals surface area contributed by atoms with Gasteiger partial charge in [-0.25, -0.2) is 0 Å². The zero-order valence-electron chi connectivity index (χ0n) is 10.3. The molecule has 17 heavy (non-hydrogen) atoms. The number of nitrogens with zero attached hydrogens (tertiary/aromatic N) is 1. The summed E-state index contributed by atoms with van der Waals surface area (Å²) in [7, 11) is 3.66. The summed E-state index contributed by atoms with van der Waals surface area (Å²) in [5, 5.41) is 5.39. The molecule has 0 aliphatic heterocycles. The molecule has 2 amide bonds. The van der Waals surface area contributed by atoms with E-state index in [0.717, 1.165) is 5.56 Å². The fourth-order valence-corrected chi connectivity index (χ4v) is 1.47. The van der Waals surface area contributed by atoms with Crippen molar-refractivity contribution in [2.24, 2.45) is 0 Å². The SMILES string of the molecule is Cc1c(NC=O)cccc1NC(=O)CN(C)C. The van der Waals surface area contributed by atoms with Crippen molar-refractivity contribution in [2.45, 2.75) is 6.92 Å². The Kier molecular flexibility index (Phi) is 4.66. The molecule has 1 aromatic rings. The highest BCUT2D eigenvalue weighted by Crippen LogP contribution is 2.22. The Hall–Kier alpha value is -1.88. The normalized spacial score (nSPS) is 10.1. The first-order valence-corrected chi connectivity index (χ1v) is 5.29. The molecule has 0 bridgehead atoms. The lowest BCUT2D eigenvalue weighted by molar-refractivity contribution is -0.116. The zero-order chi connectivity index (χ0) is 12.8. The standard InChI is InChI=1S/C12H17N3O2/c1-9-10(13-8-16)5-4-6-11(9)14-12(17)7-15(2)3/h4-6,8H,7H2,1-3H3,(H,13,16)(H,14,17).